The van der Waals surface area contributed by atoms with Crippen molar-refractivity contribution in [2.24, 2.45) is 5.92 Å². The van der Waals surface area contributed by atoms with Crippen molar-refractivity contribution in [1.29, 1.82) is 0 Å². The minimum Gasteiger partial charge on any atom is -0.368 e. The predicted molar refractivity (Wildman–Crippen MR) is 145 cm³/mol. The second kappa shape index (κ2) is 10.2. The molecule has 0 spiro atoms. The number of benzene rings is 2. The van der Waals surface area contributed by atoms with E-state index >= 15 is 0 Å². The van der Waals surface area contributed by atoms with Crippen molar-refractivity contribution in [1.82, 2.24) is 9.21 Å². The minimum absolute atomic E-state index is 0.0337. The van der Waals surface area contributed by atoms with Gasteiger partial charge in [0.2, 0.25) is 5.91 Å². The highest BCUT2D eigenvalue weighted by molar-refractivity contribution is 7.91. The SMILES string of the molecule is Cc1cccc(N2CCN(C(=O)C3CN(S(=O)(=O)c4ccc(Cl)s4)CC3c3ccccc3)CC2)c1C. The van der Waals surface area contributed by atoms with Crippen LogP contribution in [-0.4, -0.2) is 62.8 Å². The molecule has 0 aliphatic carbocycles. The molecule has 3 heterocycles. The minimum atomic E-state index is -3.72. The lowest BCUT2D eigenvalue weighted by Gasteiger charge is -2.38. The molecule has 2 aliphatic rings. The van der Waals surface area contributed by atoms with E-state index < -0.39 is 15.9 Å². The number of thiophene rings is 1. The molecule has 2 atom stereocenters. The number of amides is 1. The Morgan fingerprint density at radius 1 is 0.917 bits per heavy atom. The number of carbonyl (C=O) groups is 1. The Morgan fingerprint density at radius 3 is 2.31 bits per heavy atom. The van der Waals surface area contributed by atoms with Gasteiger partial charge in [-0.1, -0.05) is 54.1 Å². The third-order valence-electron chi connectivity index (χ3n) is 7.48. The van der Waals surface area contributed by atoms with Crippen molar-refractivity contribution in [2.45, 2.75) is 24.0 Å². The predicted octanol–water partition coefficient (Wildman–Crippen LogP) is 4.77. The molecule has 1 amide bonds. The molecule has 0 saturated carbocycles. The summed E-state index contributed by atoms with van der Waals surface area (Å²) in [7, 11) is -3.72. The molecule has 2 aliphatic heterocycles. The van der Waals surface area contributed by atoms with Gasteiger partial charge in [-0.2, -0.15) is 4.31 Å². The molecule has 5 rings (SSSR count). The summed E-state index contributed by atoms with van der Waals surface area (Å²) in [4.78, 5) is 18.1. The number of carbonyl (C=O) groups excluding carboxylic acids is 1. The lowest BCUT2D eigenvalue weighted by molar-refractivity contribution is -0.135. The van der Waals surface area contributed by atoms with Crippen molar-refractivity contribution in [3.63, 3.8) is 0 Å². The average Bonchev–Trinajstić information content (AvgIpc) is 3.54. The first-order valence-electron chi connectivity index (χ1n) is 12.2. The maximum Gasteiger partial charge on any atom is 0.252 e. The monoisotopic (exact) mass is 543 g/mol. The van der Waals surface area contributed by atoms with Gasteiger partial charge in [0.25, 0.3) is 10.0 Å². The largest absolute Gasteiger partial charge is 0.368 e. The molecule has 3 aromatic rings. The van der Waals surface area contributed by atoms with Gasteiger partial charge in [-0.05, 0) is 48.7 Å². The van der Waals surface area contributed by atoms with Gasteiger partial charge in [0.05, 0.1) is 10.3 Å². The van der Waals surface area contributed by atoms with Gasteiger partial charge in [0.1, 0.15) is 4.21 Å². The number of halogens is 1. The summed E-state index contributed by atoms with van der Waals surface area (Å²) >= 11 is 7.07. The normalized spacial score (nSPS) is 21.2. The van der Waals surface area contributed by atoms with E-state index in [1.54, 1.807) is 12.1 Å². The summed E-state index contributed by atoms with van der Waals surface area (Å²) in [5.41, 5.74) is 4.74. The molecule has 1 aromatic heterocycles. The van der Waals surface area contributed by atoms with E-state index in [0.29, 0.717) is 17.4 Å². The van der Waals surface area contributed by atoms with Gasteiger partial charge in [-0.3, -0.25) is 4.79 Å². The van der Waals surface area contributed by atoms with E-state index in [1.807, 2.05) is 35.2 Å². The van der Waals surface area contributed by atoms with Gasteiger partial charge in [0.15, 0.2) is 0 Å². The number of hydrogen-bond donors (Lipinski definition) is 0. The molecule has 9 heteroatoms. The lowest BCUT2D eigenvalue weighted by atomic mass is 9.88. The second-order valence-electron chi connectivity index (χ2n) is 9.54. The fourth-order valence-corrected chi connectivity index (χ4v) is 8.43. The van der Waals surface area contributed by atoms with Crippen LogP contribution < -0.4 is 4.90 Å². The molecule has 2 saturated heterocycles. The number of sulfonamides is 1. The summed E-state index contributed by atoms with van der Waals surface area (Å²) in [6.07, 6.45) is 0. The Labute approximate surface area is 222 Å². The zero-order chi connectivity index (χ0) is 25.4. The molecule has 2 unspecified atom stereocenters. The summed E-state index contributed by atoms with van der Waals surface area (Å²) in [5.74, 6) is -0.586. The van der Waals surface area contributed by atoms with Crippen molar-refractivity contribution in [3.05, 3.63) is 81.7 Å². The fourth-order valence-electron chi connectivity index (χ4n) is 5.30. The third-order valence-corrected chi connectivity index (χ3v) is 11.0. The van der Waals surface area contributed by atoms with Crippen LogP contribution in [0.2, 0.25) is 4.34 Å². The van der Waals surface area contributed by atoms with E-state index in [0.717, 1.165) is 30.0 Å². The maximum absolute atomic E-state index is 13.8. The Kier molecular flexibility index (Phi) is 7.14. The van der Waals surface area contributed by atoms with Crippen LogP contribution in [-0.2, 0) is 14.8 Å². The van der Waals surface area contributed by atoms with E-state index in [-0.39, 0.29) is 29.1 Å². The van der Waals surface area contributed by atoms with Gasteiger partial charge < -0.3 is 9.80 Å². The molecule has 0 bridgehead atoms. The van der Waals surface area contributed by atoms with Crippen LogP contribution in [0.1, 0.15) is 22.6 Å². The summed E-state index contributed by atoms with van der Waals surface area (Å²) in [6.45, 7) is 7.47. The first kappa shape index (κ1) is 25.3. The molecule has 190 valence electrons. The first-order chi connectivity index (χ1) is 17.3. The highest BCUT2D eigenvalue weighted by Crippen LogP contribution is 2.39. The van der Waals surface area contributed by atoms with Gasteiger partial charge in [-0.15, -0.1) is 11.3 Å². The standard InChI is InChI=1S/C27H30ClN3O3S2/c1-19-7-6-10-24(20(19)2)29-13-15-30(16-14-29)27(32)23-18-31(17-22(23)21-8-4-3-5-9-21)36(33,34)26-12-11-25(28)35-26/h3-12,22-23H,13-18H2,1-2H3. The average molecular weight is 544 g/mol. The van der Waals surface area contributed by atoms with Gasteiger partial charge >= 0.3 is 0 Å². The molecule has 0 radical (unpaired) electrons. The van der Waals surface area contributed by atoms with Crippen LogP contribution in [0.4, 0.5) is 5.69 Å². The van der Waals surface area contributed by atoms with Gasteiger partial charge in [-0.25, -0.2) is 8.42 Å². The number of piperazine rings is 1. The highest BCUT2D eigenvalue weighted by Gasteiger charge is 2.45. The number of aryl methyl sites for hydroxylation is 1. The first-order valence-corrected chi connectivity index (χ1v) is 14.8. The van der Waals surface area contributed by atoms with Crippen molar-refractivity contribution < 1.29 is 13.2 Å². The lowest BCUT2D eigenvalue weighted by Crippen LogP contribution is -2.51. The van der Waals surface area contributed by atoms with Gasteiger partial charge in [0, 0.05) is 50.9 Å². The van der Waals surface area contributed by atoms with E-state index in [1.165, 1.54) is 21.1 Å². The van der Waals surface area contributed by atoms with Crippen LogP contribution >= 0.6 is 22.9 Å². The van der Waals surface area contributed by atoms with Crippen LogP contribution in [0.3, 0.4) is 0 Å². The van der Waals surface area contributed by atoms with E-state index in [9.17, 15) is 13.2 Å². The fraction of sp³-hybridized carbons (Fsp3) is 0.370. The summed E-state index contributed by atoms with van der Waals surface area (Å²) in [5, 5.41) is 0. The Morgan fingerprint density at radius 2 is 1.64 bits per heavy atom. The van der Waals surface area contributed by atoms with Crippen molar-refractivity contribution in [2.75, 3.05) is 44.2 Å². The van der Waals surface area contributed by atoms with Crippen molar-refractivity contribution in [3.8, 4) is 0 Å². The van der Waals surface area contributed by atoms with Crippen LogP contribution in [0, 0.1) is 19.8 Å². The third kappa shape index (κ3) is 4.79. The van der Waals surface area contributed by atoms with E-state index in [2.05, 4.69) is 36.9 Å². The quantitative estimate of drug-likeness (QED) is 0.465. The Hall–Kier alpha value is -2.39. The summed E-state index contributed by atoms with van der Waals surface area (Å²) in [6, 6.07) is 19.3. The molecule has 6 nitrogen and oxygen atoms in total. The molecule has 2 aromatic carbocycles. The number of hydrogen-bond acceptors (Lipinski definition) is 5. The summed E-state index contributed by atoms with van der Waals surface area (Å²) < 4.78 is 28.9. The Bertz CT molecular complexity index is 1350. The maximum atomic E-state index is 13.8. The molecular formula is C27H30ClN3O3S2. The molecule has 0 N–H and O–H groups in total. The van der Waals surface area contributed by atoms with Crippen LogP contribution in [0.15, 0.2) is 64.9 Å². The molecule has 2 fully saturated rings. The van der Waals surface area contributed by atoms with Crippen LogP contribution in [0.5, 0.6) is 0 Å². The number of anilines is 1. The Balaban J connectivity index is 1.35. The highest BCUT2D eigenvalue weighted by atomic mass is 35.5. The zero-order valence-electron chi connectivity index (χ0n) is 20.4. The smallest absolute Gasteiger partial charge is 0.252 e. The number of rotatable bonds is 5. The zero-order valence-corrected chi connectivity index (χ0v) is 22.8. The molecular weight excluding hydrogens is 514 g/mol. The molecule has 36 heavy (non-hydrogen) atoms. The number of nitrogens with zero attached hydrogens (tertiary/aromatic N) is 3. The van der Waals surface area contributed by atoms with Crippen molar-refractivity contribution >= 4 is 44.6 Å². The van der Waals surface area contributed by atoms with Crippen LogP contribution in [0.25, 0.3) is 0 Å². The van der Waals surface area contributed by atoms with E-state index in [4.69, 9.17) is 11.6 Å². The second-order valence-corrected chi connectivity index (χ2v) is 13.4. The topological polar surface area (TPSA) is 60.9 Å².